The summed E-state index contributed by atoms with van der Waals surface area (Å²) in [5.74, 6) is -0.462. The molecule has 3 unspecified atom stereocenters. The minimum absolute atomic E-state index is 0.105. The van der Waals surface area contributed by atoms with Crippen molar-refractivity contribution in [2.24, 2.45) is 11.8 Å². The monoisotopic (exact) mass is 1370 g/mol. The summed E-state index contributed by atoms with van der Waals surface area (Å²) in [6.45, 7) is 9.56. The summed E-state index contributed by atoms with van der Waals surface area (Å²) in [4.78, 5) is 72.3. The summed E-state index contributed by atoms with van der Waals surface area (Å²) < 4.78 is 68.1. The molecule has 6 atom stereocenters. The predicted molar refractivity (Wildman–Crippen MR) is 377 cm³/mol. The van der Waals surface area contributed by atoms with Gasteiger partial charge in [-0.1, -0.05) is 330 Å². The fraction of sp³-hybridized carbons (Fsp3) is 0.946. The minimum atomic E-state index is -4.95. The van der Waals surface area contributed by atoms with E-state index in [0.29, 0.717) is 25.7 Å². The highest BCUT2D eigenvalue weighted by Gasteiger charge is 2.30. The van der Waals surface area contributed by atoms with Gasteiger partial charge in [0.2, 0.25) is 0 Å². The highest BCUT2D eigenvalue weighted by atomic mass is 31.2. The number of hydrogen-bond donors (Lipinski definition) is 3. The number of rotatable bonds is 73. The van der Waals surface area contributed by atoms with Crippen molar-refractivity contribution in [1.29, 1.82) is 0 Å². The Labute approximate surface area is 568 Å². The second-order valence-electron chi connectivity index (χ2n) is 27.4. The van der Waals surface area contributed by atoms with Gasteiger partial charge in [-0.25, -0.2) is 9.13 Å². The van der Waals surface area contributed by atoms with E-state index in [1.165, 1.54) is 193 Å². The van der Waals surface area contributed by atoms with E-state index in [1.807, 2.05) is 0 Å². The molecule has 0 aromatic heterocycles. The molecule has 0 radical (unpaired) electrons. The summed E-state index contributed by atoms with van der Waals surface area (Å²) in [6, 6.07) is 0. The zero-order chi connectivity index (χ0) is 68.6. The van der Waals surface area contributed by atoms with Gasteiger partial charge in [-0.2, -0.15) is 0 Å². The first-order valence-corrected chi connectivity index (χ1v) is 41.5. The number of phosphoric acid groups is 2. The number of ether oxygens (including phenoxy) is 4. The van der Waals surface area contributed by atoms with Gasteiger partial charge in [0.05, 0.1) is 26.4 Å². The van der Waals surface area contributed by atoms with Gasteiger partial charge in [-0.3, -0.25) is 37.3 Å². The number of aliphatic hydroxyl groups excluding tert-OH is 1. The Hall–Kier alpha value is -1.94. The molecule has 0 fully saturated rings. The van der Waals surface area contributed by atoms with Crippen LogP contribution in [0.1, 0.15) is 382 Å². The smallest absolute Gasteiger partial charge is 0.462 e. The average molecular weight is 1370 g/mol. The van der Waals surface area contributed by atoms with Crippen molar-refractivity contribution in [2.75, 3.05) is 39.6 Å². The molecule has 0 aliphatic heterocycles. The van der Waals surface area contributed by atoms with Crippen LogP contribution in [0.25, 0.3) is 0 Å². The van der Waals surface area contributed by atoms with Gasteiger partial charge in [-0.15, -0.1) is 0 Å². The fourth-order valence-corrected chi connectivity index (χ4v) is 12.8. The number of carbonyl (C=O) groups is 4. The van der Waals surface area contributed by atoms with Gasteiger partial charge in [-0.05, 0) is 37.5 Å². The molecule has 0 saturated heterocycles. The molecule has 0 saturated carbocycles. The molecule has 93 heavy (non-hydrogen) atoms. The van der Waals surface area contributed by atoms with Crippen LogP contribution in [-0.4, -0.2) is 96.7 Å². The first-order chi connectivity index (χ1) is 44.9. The highest BCUT2D eigenvalue weighted by Crippen LogP contribution is 2.45. The maximum Gasteiger partial charge on any atom is 0.472 e. The lowest BCUT2D eigenvalue weighted by Gasteiger charge is -2.21. The second kappa shape index (κ2) is 66.0. The molecule has 3 N–H and O–H groups in total. The van der Waals surface area contributed by atoms with Gasteiger partial charge < -0.3 is 33.8 Å². The highest BCUT2D eigenvalue weighted by molar-refractivity contribution is 7.47. The van der Waals surface area contributed by atoms with Crippen molar-refractivity contribution in [3.8, 4) is 0 Å². The van der Waals surface area contributed by atoms with Crippen molar-refractivity contribution in [3.05, 3.63) is 0 Å². The van der Waals surface area contributed by atoms with Gasteiger partial charge in [0, 0.05) is 25.7 Å². The molecule has 19 heteroatoms. The molecule has 17 nitrogen and oxygen atoms in total. The molecule has 0 heterocycles. The predicted octanol–water partition coefficient (Wildman–Crippen LogP) is 21.6. The van der Waals surface area contributed by atoms with Crippen molar-refractivity contribution in [3.63, 3.8) is 0 Å². The van der Waals surface area contributed by atoms with Crippen LogP contribution in [0.15, 0.2) is 0 Å². The summed E-state index contributed by atoms with van der Waals surface area (Å²) in [5.41, 5.74) is 0. The third-order valence-electron chi connectivity index (χ3n) is 17.6. The van der Waals surface area contributed by atoms with Crippen LogP contribution in [0.4, 0.5) is 0 Å². The Balaban J connectivity index is 5.10. The van der Waals surface area contributed by atoms with E-state index in [1.54, 1.807) is 0 Å². The molecule has 0 aromatic carbocycles. The molecule has 0 amide bonds. The number of carbonyl (C=O) groups excluding carboxylic acids is 4. The van der Waals surface area contributed by atoms with Gasteiger partial charge in [0.15, 0.2) is 12.2 Å². The topological polar surface area (TPSA) is 237 Å². The maximum atomic E-state index is 13.1. The van der Waals surface area contributed by atoms with Crippen LogP contribution in [0.5, 0.6) is 0 Å². The minimum Gasteiger partial charge on any atom is -0.462 e. The number of hydrogen-bond acceptors (Lipinski definition) is 15. The molecular weight excluding hydrogens is 1220 g/mol. The van der Waals surface area contributed by atoms with E-state index in [-0.39, 0.29) is 25.7 Å². The Bertz CT molecular complexity index is 1810. The first kappa shape index (κ1) is 91.1. The Morgan fingerprint density at radius 2 is 0.548 bits per heavy atom. The largest absolute Gasteiger partial charge is 0.472 e. The van der Waals surface area contributed by atoms with Crippen LogP contribution in [0, 0.1) is 11.8 Å². The van der Waals surface area contributed by atoms with Crippen molar-refractivity contribution in [1.82, 2.24) is 0 Å². The van der Waals surface area contributed by atoms with E-state index in [2.05, 4.69) is 41.5 Å². The van der Waals surface area contributed by atoms with Crippen molar-refractivity contribution < 1.29 is 80.2 Å². The lowest BCUT2D eigenvalue weighted by Crippen LogP contribution is -2.30. The first-order valence-electron chi connectivity index (χ1n) is 38.5. The Morgan fingerprint density at radius 3 is 0.817 bits per heavy atom. The summed E-state index contributed by atoms with van der Waals surface area (Å²) >= 11 is 0. The molecule has 0 bridgehead atoms. The molecule has 552 valence electrons. The van der Waals surface area contributed by atoms with Gasteiger partial charge >= 0.3 is 39.5 Å². The van der Waals surface area contributed by atoms with E-state index in [9.17, 15) is 43.2 Å². The van der Waals surface area contributed by atoms with Gasteiger partial charge in [0.1, 0.15) is 19.3 Å². The van der Waals surface area contributed by atoms with Crippen molar-refractivity contribution in [2.45, 2.75) is 400 Å². The molecular formula is C74H144O17P2. The summed E-state index contributed by atoms with van der Waals surface area (Å²) in [5, 5.41) is 10.6. The lowest BCUT2D eigenvalue weighted by atomic mass is 9.99. The third-order valence-corrected chi connectivity index (χ3v) is 19.5. The molecule has 0 rings (SSSR count). The van der Waals surface area contributed by atoms with E-state index < -0.39 is 97.5 Å². The fourth-order valence-electron chi connectivity index (χ4n) is 11.3. The molecule has 0 spiro atoms. The van der Waals surface area contributed by atoms with E-state index in [4.69, 9.17) is 37.0 Å². The van der Waals surface area contributed by atoms with Crippen LogP contribution in [-0.2, 0) is 65.4 Å². The van der Waals surface area contributed by atoms with Gasteiger partial charge in [0.25, 0.3) is 0 Å². The lowest BCUT2D eigenvalue weighted by molar-refractivity contribution is -0.161. The average Bonchev–Trinajstić information content (AvgIpc) is 1.92. The number of esters is 4. The zero-order valence-corrected chi connectivity index (χ0v) is 62.3. The SMILES string of the molecule is CCCCCCCCCCCC(=O)O[C@H](COC(=O)CCCCCCC)COP(=O)(O)OC[C@H](O)COP(=O)(O)OC[C@@H](COC(=O)CCCCCCCCCCCCCCCCC(C)C)OC(=O)CCCCCCCCCCCCCCCCCCCCC(C)CC. The standard InChI is InChI=1S/C74H144O17P2/c1-7-10-12-14-15-32-40-46-52-58-73(78)90-69(62-84-71(76)56-50-42-13-11-8-2)64-88-92(80,81)86-60-68(75)61-87-93(82,83)89-65-70(63-85-72(77)57-51-45-39-35-30-26-23-22-24-28-33-37-43-48-54-66(4)5)91-74(79)59-53-47-41-36-31-27-21-19-17-16-18-20-25-29-34-38-44-49-55-67(6)9-3/h66-70,75H,7-65H2,1-6H3,(H,80,81)(H,82,83)/t67?,68-,69+,70+/m0/s1. The van der Waals surface area contributed by atoms with Crippen LogP contribution < -0.4 is 0 Å². The quantitative estimate of drug-likeness (QED) is 0.0222. The number of phosphoric ester groups is 2. The number of unbranched alkanes of at least 4 members (excludes halogenated alkanes) is 42. The summed E-state index contributed by atoms with van der Waals surface area (Å²) in [7, 11) is -9.89. The second-order valence-corrected chi connectivity index (χ2v) is 30.3. The maximum absolute atomic E-state index is 13.1. The van der Waals surface area contributed by atoms with E-state index in [0.717, 1.165) is 108 Å². The molecule has 0 aliphatic rings. The Kier molecular flexibility index (Phi) is 64.6. The van der Waals surface area contributed by atoms with Crippen LogP contribution in [0.3, 0.4) is 0 Å². The third kappa shape index (κ3) is 67.0. The number of aliphatic hydroxyl groups is 1. The van der Waals surface area contributed by atoms with Crippen LogP contribution in [0.2, 0.25) is 0 Å². The van der Waals surface area contributed by atoms with E-state index >= 15 is 0 Å². The molecule has 0 aromatic rings. The van der Waals surface area contributed by atoms with Crippen LogP contribution >= 0.6 is 15.6 Å². The Morgan fingerprint density at radius 1 is 0.312 bits per heavy atom. The van der Waals surface area contributed by atoms with Crippen molar-refractivity contribution >= 4 is 39.5 Å². The summed E-state index contributed by atoms with van der Waals surface area (Å²) in [6.07, 6.45) is 53.2. The molecule has 0 aliphatic carbocycles. The normalized spacial score (nSPS) is 14.3. The zero-order valence-electron chi connectivity index (χ0n) is 60.6.